The molecule has 198 valence electrons. The third kappa shape index (κ3) is 7.91. The summed E-state index contributed by atoms with van der Waals surface area (Å²) in [5.41, 5.74) is 2.22. The molecule has 3 N–H and O–H groups in total. The molecule has 3 aromatic heterocycles. The molecule has 37 heavy (non-hydrogen) atoms. The number of carbonyl (C=O) groups is 1. The highest BCUT2D eigenvalue weighted by Gasteiger charge is 2.21. The third-order valence-corrected chi connectivity index (χ3v) is 6.25. The number of rotatable bonds is 14. The van der Waals surface area contributed by atoms with Crippen LogP contribution in [0.15, 0.2) is 43.0 Å². The van der Waals surface area contributed by atoms with Crippen LogP contribution in [-0.4, -0.2) is 79.4 Å². The number of alkyl halides is 2. The molecule has 0 fully saturated rings. The van der Waals surface area contributed by atoms with Crippen LogP contribution in [-0.2, 0) is 17.6 Å². The molecule has 4 rings (SSSR count). The first-order valence-electron chi connectivity index (χ1n) is 12.5. The summed E-state index contributed by atoms with van der Waals surface area (Å²) in [4.78, 5) is 26.4. The zero-order valence-corrected chi connectivity index (χ0v) is 20.6. The second kappa shape index (κ2) is 13.0. The van der Waals surface area contributed by atoms with Crippen LogP contribution in [0.5, 0.6) is 0 Å². The van der Waals surface area contributed by atoms with Crippen LogP contribution in [0.25, 0.3) is 5.82 Å². The Hall–Kier alpha value is -3.67. The number of nitrogens with zero attached hydrogens (tertiary/aromatic N) is 6. The van der Waals surface area contributed by atoms with Gasteiger partial charge in [-0.2, -0.15) is 5.10 Å². The predicted octanol–water partition coefficient (Wildman–Crippen LogP) is 3.26. The maximum atomic E-state index is 13.2. The van der Waals surface area contributed by atoms with Crippen LogP contribution in [0.3, 0.4) is 0 Å². The minimum absolute atomic E-state index is 0.140. The number of aliphatic carboxylic acids is 1. The molecule has 0 aromatic carbocycles. The summed E-state index contributed by atoms with van der Waals surface area (Å²) in [6.07, 6.45) is 6.70. The topological polar surface area (TPSA) is 121 Å². The quantitative estimate of drug-likeness (QED) is 0.278. The molecule has 1 atom stereocenters. The summed E-state index contributed by atoms with van der Waals surface area (Å²) in [5.74, 6) is 0.676. The lowest BCUT2D eigenvalue weighted by Crippen LogP contribution is -2.37. The highest BCUT2D eigenvalue weighted by atomic mass is 19.3. The van der Waals surface area contributed by atoms with E-state index in [0.29, 0.717) is 24.6 Å². The summed E-state index contributed by atoms with van der Waals surface area (Å²) >= 11 is 0. The number of halogens is 2. The number of hydrogen-bond acceptors (Lipinski definition) is 8. The van der Waals surface area contributed by atoms with Gasteiger partial charge in [0.05, 0.1) is 6.54 Å². The second-order valence-corrected chi connectivity index (χ2v) is 9.03. The van der Waals surface area contributed by atoms with Gasteiger partial charge in [-0.3, -0.25) is 4.90 Å². The lowest BCUT2D eigenvalue weighted by atomic mass is 10.1. The van der Waals surface area contributed by atoms with Gasteiger partial charge < -0.3 is 15.7 Å². The summed E-state index contributed by atoms with van der Waals surface area (Å²) < 4.78 is 28.0. The van der Waals surface area contributed by atoms with E-state index in [4.69, 9.17) is 0 Å². The molecule has 0 saturated heterocycles. The van der Waals surface area contributed by atoms with Gasteiger partial charge in [-0.15, -0.1) is 0 Å². The molecule has 12 heteroatoms. The number of pyridine rings is 1. The first-order chi connectivity index (χ1) is 18.0. The molecular formula is C25H32F2N8O2. The SMILES string of the molecule is O=C(O)[C@H](CCN(CCCCc1ccc2c(n1)NCCC2)CC(F)F)Nc1cc(-n2cccn2)ncn1. The zero-order chi connectivity index (χ0) is 26.0. The molecule has 0 saturated carbocycles. The summed E-state index contributed by atoms with van der Waals surface area (Å²) in [5, 5.41) is 20.0. The van der Waals surface area contributed by atoms with Gasteiger partial charge in [-0.05, 0) is 62.8 Å². The van der Waals surface area contributed by atoms with Gasteiger partial charge in [0.25, 0.3) is 6.43 Å². The van der Waals surface area contributed by atoms with Crippen molar-refractivity contribution < 1.29 is 18.7 Å². The van der Waals surface area contributed by atoms with E-state index in [9.17, 15) is 18.7 Å². The largest absolute Gasteiger partial charge is 0.480 e. The Morgan fingerprint density at radius 3 is 2.92 bits per heavy atom. The standard InChI is InChI=1S/C25H32F2N8O2/c26-21(27)16-34(12-2-1-6-19-8-7-18-5-3-10-28-24(18)32-19)14-9-20(25(36)37)33-22-15-23(30-17-29-22)35-13-4-11-31-35/h4,7-8,11,13,15,17,20-21H,1-3,5-6,9-10,12,14,16H2,(H,28,32)(H,36,37)(H,29,30,33)/t20-/m0/s1. The van der Waals surface area contributed by atoms with Crippen molar-refractivity contribution in [1.82, 2.24) is 29.6 Å². The average molecular weight is 515 g/mol. The van der Waals surface area contributed by atoms with Gasteiger partial charge in [-0.25, -0.2) is 33.2 Å². The molecular weight excluding hydrogens is 482 g/mol. The number of aromatic nitrogens is 5. The number of fused-ring (bicyclic) bond motifs is 1. The Morgan fingerprint density at radius 2 is 2.14 bits per heavy atom. The number of anilines is 2. The Bertz CT molecular complexity index is 1150. The molecule has 0 radical (unpaired) electrons. The van der Waals surface area contributed by atoms with E-state index in [-0.39, 0.29) is 13.0 Å². The van der Waals surface area contributed by atoms with Gasteiger partial charge in [0.2, 0.25) is 0 Å². The molecule has 1 aliphatic rings. The number of unbranched alkanes of at least 4 members (excludes halogenated alkanes) is 1. The number of nitrogens with one attached hydrogen (secondary N) is 2. The van der Waals surface area contributed by atoms with E-state index < -0.39 is 25.0 Å². The highest BCUT2D eigenvalue weighted by Crippen LogP contribution is 2.20. The summed E-state index contributed by atoms with van der Waals surface area (Å²) in [6, 6.07) is 6.49. The van der Waals surface area contributed by atoms with Gasteiger partial charge in [0.15, 0.2) is 5.82 Å². The molecule has 0 amide bonds. The number of aryl methyl sites for hydroxylation is 2. The first kappa shape index (κ1) is 26.4. The molecule has 0 aliphatic carbocycles. The molecule has 3 aromatic rings. The van der Waals surface area contributed by atoms with Crippen LogP contribution >= 0.6 is 0 Å². The van der Waals surface area contributed by atoms with Crippen molar-refractivity contribution in [3.05, 3.63) is 54.2 Å². The Balaban J connectivity index is 1.28. The van der Waals surface area contributed by atoms with Crippen molar-refractivity contribution in [2.24, 2.45) is 0 Å². The Kier molecular flexibility index (Phi) is 9.30. The lowest BCUT2D eigenvalue weighted by molar-refractivity contribution is -0.138. The fraction of sp³-hybridized carbons (Fsp3) is 0.480. The minimum atomic E-state index is -2.50. The third-order valence-electron chi connectivity index (χ3n) is 6.25. The van der Waals surface area contributed by atoms with Gasteiger partial charge in [0, 0.05) is 37.2 Å². The smallest absolute Gasteiger partial charge is 0.326 e. The van der Waals surface area contributed by atoms with Crippen LogP contribution < -0.4 is 10.6 Å². The Labute approximate surface area is 214 Å². The first-order valence-corrected chi connectivity index (χ1v) is 12.5. The van der Waals surface area contributed by atoms with E-state index in [0.717, 1.165) is 43.7 Å². The van der Waals surface area contributed by atoms with Crippen molar-refractivity contribution in [2.45, 2.75) is 51.0 Å². The van der Waals surface area contributed by atoms with Crippen LogP contribution in [0.1, 0.15) is 36.9 Å². The predicted molar refractivity (Wildman–Crippen MR) is 135 cm³/mol. The number of carboxylic acids is 1. The van der Waals surface area contributed by atoms with Crippen LogP contribution in [0.2, 0.25) is 0 Å². The van der Waals surface area contributed by atoms with Gasteiger partial charge >= 0.3 is 5.97 Å². The molecule has 0 unspecified atom stereocenters. The molecule has 4 heterocycles. The van der Waals surface area contributed by atoms with E-state index >= 15 is 0 Å². The van der Waals surface area contributed by atoms with Crippen molar-refractivity contribution in [3.63, 3.8) is 0 Å². The summed E-state index contributed by atoms with van der Waals surface area (Å²) in [7, 11) is 0. The maximum absolute atomic E-state index is 13.2. The zero-order valence-electron chi connectivity index (χ0n) is 20.6. The van der Waals surface area contributed by atoms with E-state index in [1.54, 1.807) is 29.4 Å². The fourth-order valence-corrected chi connectivity index (χ4v) is 4.34. The average Bonchev–Trinajstić information content (AvgIpc) is 3.43. The van der Waals surface area contributed by atoms with E-state index in [1.165, 1.54) is 16.6 Å². The van der Waals surface area contributed by atoms with E-state index in [1.807, 2.05) is 6.07 Å². The van der Waals surface area contributed by atoms with Crippen LogP contribution in [0, 0.1) is 0 Å². The van der Waals surface area contributed by atoms with Crippen molar-refractivity contribution in [2.75, 3.05) is 36.8 Å². The number of hydrogen-bond donors (Lipinski definition) is 3. The van der Waals surface area contributed by atoms with Crippen LogP contribution in [0.4, 0.5) is 20.4 Å². The van der Waals surface area contributed by atoms with E-state index in [2.05, 4.69) is 36.8 Å². The van der Waals surface area contributed by atoms with Crippen molar-refractivity contribution in [3.8, 4) is 5.82 Å². The normalized spacial score (nSPS) is 13.8. The molecule has 1 aliphatic heterocycles. The molecule has 10 nitrogen and oxygen atoms in total. The number of carboxylic acid groups (broad SMARTS) is 1. The van der Waals surface area contributed by atoms with Gasteiger partial charge in [-0.1, -0.05) is 6.07 Å². The molecule has 0 spiro atoms. The monoisotopic (exact) mass is 514 g/mol. The van der Waals surface area contributed by atoms with Gasteiger partial charge in [0.1, 0.15) is 24.0 Å². The fourth-order valence-electron chi connectivity index (χ4n) is 4.34. The van der Waals surface area contributed by atoms with Crippen molar-refractivity contribution >= 4 is 17.6 Å². The second-order valence-electron chi connectivity index (χ2n) is 9.03. The lowest BCUT2D eigenvalue weighted by Gasteiger charge is -2.24. The molecule has 0 bridgehead atoms. The van der Waals surface area contributed by atoms with Crippen molar-refractivity contribution in [1.29, 1.82) is 0 Å². The highest BCUT2D eigenvalue weighted by molar-refractivity contribution is 5.76. The summed E-state index contributed by atoms with van der Waals surface area (Å²) in [6.45, 7) is 1.20. The Morgan fingerprint density at radius 1 is 1.24 bits per heavy atom. The minimum Gasteiger partial charge on any atom is -0.480 e. The maximum Gasteiger partial charge on any atom is 0.326 e.